The van der Waals surface area contributed by atoms with E-state index in [0.717, 1.165) is 0 Å². The molecule has 3 aliphatic heterocycles. The molecule has 3 fully saturated rings. The summed E-state index contributed by atoms with van der Waals surface area (Å²) in [6.07, 6.45) is -8.35. The van der Waals surface area contributed by atoms with E-state index < -0.39 is 95.8 Å². The number of cyclic esters (lactones) is 1. The molecule has 0 aromatic carbocycles. The van der Waals surface area contributed by atoms with Crippen LogP contribution in [0.25, 0.3) is 0 Å². The number of carbonyl (C=O) groups is 1. The molecule has 3 heterocycles. The first-order valence-electron chi connectivity index (χ1n) is 19.5. The molecule has 312 valence electrons. The zero-order chi connectivity index (χ0) is 40.5. The Balaban J connectivity index is 2.22. The van der Waals surface area contributed by atoms with Gasteiger partial charge in [-0.15, -0.1) is 0 Å². The van der Waals surface area contributed by atoms with Gasteiger partial charge in [-0.2, -0.15) is 0 Å². The largest absolute Gasteiger partial charge is 0.459 e. The van der Waals surface area contributed by atoms with Crippen molar-refractivity contribution in [1.29, 1.82) is 0 Å². The van der Waals surface area contributed by atoms with Crippen LogP contribution < -0.4 is 0 Å². The van der Waals surface area contributed by atoms with E-state index in [0.29, 0.717) is 6.42 Å². The van der Waals surface area contributed by atoms with Crippen molar-refractivity contribution in [3.8, 4) is 0 Å². The van der Waals surface area contributed by atoms with Crippen molar-refractivity contribution >= 4 is 5.97 Å². The lowest BCUT2D eigenvalue weighted by atomic mass is 9.72. The van der Waals surface area contributed by atoms with Crippen molar-refractivity contribution < 1.29 is 58.7 Å². The van der Waals surface area contributed by atoms with Gasteiger partial charge in [-0.25, -0.2) is 0 Å². The SMILES string of the molecule is CC[C@H]1OC(=O)[C@H](C)[C@@H](O[C@H]2C[C@@](C)(OC)[C@@H](O)[C@H](C)O2)[C@H](C)[C@@H](O[C@@H]2O[C@H](C)C[C@H](N(C)C)[C@H]2O)[C@@](C)(O)C[C@@H](C)[C@@H](N(C)C)[C@H](C)[C@@H](O)[C@]1(C)O. The first kappa shape index (κ1) is 46.4. The van der Waals surface area contributed by atoms with Gasteiger partial charge >= 0.3 is 5.97 Å². The molecule has 14 heteroatoms. The van der Waals surface area contributed by atoms with Gasteiger partial charge in [-0.1, -0.05) is 27.7 Å². The number of nitrogens with zero attached hydrogens (tertiary/aromatic N) is 2. The van der Waals surface area contributed by atoms with Crippen LogP contribution >= 0.6 is 0 Å². The van der Waals surface area contributed by atoms with Crippen LogP contribution in [0.4, 0.5) is 0 Å². The van der Waals surface area contributed by atoms with Crippen molar-refractivity contribution in [2.75, 3.05) is 35.3 Å². The number of carbonyl (C=O) groups excluding carboxylic acids is 1. The standard InChI is InChI=1S/C39H74N2O12/c1-16-27-39(10,47)32(43)22(4)29(41(13)14)20(2)18-37(8,46)34(53-36-30(42)26(40(11)12)17-21(3)49-36)23(5)31(24(6)35(45)51-27)52-28-19-38(9,48-15)33(44)25(7)50-28/h20-34,36,42-44,46-47H,16-19H2,1-15H3/t20-,21-,22+,23+,24-,25+,26+,27-,28+,29-,30-,31+,32-,33+,34-,36+,37+,38-,39-/m1/s1. The van der Waals surface area contributed by atoms with E-state index in [4.69, 9.17) is 28.4 Å². The van der Waals surface area contributed by atoms with Crippen LogP contribution in [-0.2, 0) is 33.2 Å². The Hall–Kier alpha value is -1.01. The second-order valence-electron chi connectivity index (χ2n) is 17.7. The molecule has 0 saturated carbocycles. The minimum Gasteiger partial charge on any atom is -0.459 e. The summed E-state index contributed by atoms with van der Waals surface area (Å²) in [4.78, 5) is 18.1. The lowest BCUT2D eigenvalue weighted by Crippen LogP contribution is -2.62. The van der Waals surface area contributed by atoms with E-state index in [2.05, 4.69) is 0 Å². The number of aliphatic hydroxyl groups excluding tert-OH is 3. The molecule has 0 radical (unpaired) electrons. The third-order valence-corrected chi connectivity index (χ3v) is 12.6. The molecule has 0 aromatic heterocycles. The lowest BCUT2D eigenvalue weighted by Gasteiger charge is -2.50. The molecule has 0 unspecified atom stereocenters. The summed E-state index contributed by atoms with van der Waals surface area (Å²) < 4.78 is 37.7. The molecule has 0 bridgehead atoms. The fraction of sp³-hybridized carbons (Fsp3) is 0.974. The van der Waals surface area contributed by atoms with Gasteiger partial charge in [0.05, 0.1) is 47.6 Å². The van der Waals surface area contributed by atoms with E-state index in [1.54, 1.807) is 34.6 Å². The Morgan fingerprint density at radius 2 is 1.45 bits per heavy atom. The van der Waals surface area contributed by atoms with E-state index >= 15 is 0 Å². The van der Waals surface area contributed by atoms with Gasteiger partial charge in [-0.05, 0) is 94.9 Å². The van der Waals surface area contributed by atoms with Gasteiger partial charge in [0.15, 0.2) is 12.6 Å². The van der Waals surface area contributed by atoms with E-state index in [-0.39, 0.29) is 43.4 Å². The van der Waals surface area contributed by atoms with Crippen LogP contribution in [0.2, 0.25) is 0 Å². The summed E-state index contributed by atoms with van der Waals surface area (Å²) in [5, 5.41) is 58.9. The van der Waals surface area contributed by atoms with Crippen molar-refractivity contribution in [1.82, 2.24) is 9.80 Å². The zero-order valence-electron chi connectivity index (χ0n) is 35.1. The molecule has 19 atom stereocenters. The van der Waals surface area contributed by atoms with Crippen molar-refractivity contribution in [2.45, 2.75) is 185 Å². The molecule has 53 heavy (non-hydrogen) atoms. The predicted molar refractivity (Wildman–Crippen MR) is 199 cm³/mol. The van der Waals surface area contributed by atoms with Crippen molar-refractivity contribution in [3.05, 3.63) is 0 Å². The van der Waals surface area contributed by atoms with Gasteiger partial charge in [0, 0.05) is 37.5 Å². The number of hydrogen-bond acceptors (Lipinski definition) is 14. The third-order valence-electron chi connectivity index (χ3n) is 12.6. The molecule has 3 saturated heterocycles. The topological polar surface area (TPSA) is 180 Å². The Labute approximate surface area is 318 Å². The van der Waals surface area contributed by atoms with E-state index in [9.17, 15) is 30.3 Å². The van der Waals surface area contributed by atoms with Crippen LogP contribution in [-0.4, -0.2) is 167 Å². The maximum atomic E-state index is 14.2. The number of hydrogen-bond donors (Lipinski definition) is 5. The molecular weight excluding hydrogens is 688 g/mol. The highest BCUT2D eigenvalue weighted by molar-refractivity contribution is 5.73. The number of ether oxygens (including phenoxy) is 6. The average Bonchev–Trinajstić information content (AvgIpc) is 3.06. The van der Waals surface area contributed by atoms with E-state index in [1.165, 1.54) is 14.0 Å². The Morgan fingerprint density at radius 3 is 1.98 bits per heavy atom. The molecule has 3 aliphatic rings. The van der Waals surface area contributed by atoms with Gasteiger partial charge in [0.25, 0.3) is 0 Å². The van der Waals surface area contributed by atoms with Crippen molar-refractivity contribution in [3.63, 3.8) is 0 Å². The number of rotatable bonds is 8. The first-order valence-corrected chi connectivity index (χ1v) is 19.5. The van der Waals surface area contributed by atoms with Gasteiger partial charge < -0.3 is 63.8 Å². The number of esters is 1. The van der Waals surface area contributed by atoms with E-state index in [1.807, 2.05) is 65.7 Å². The summed E-state index contributed by atoms with van der Waals surface area (Å²) in [5.74, 6) is -3.23. The Kier molecular flexibility index (Phi) is 15.8. The predicted octanol–water partition coefficient (Wildman–Crippen LogP) is 2.15. The molecular formula is C39H74N2O12. The Bertz CT molecular complexity index is 1170. The molecule has 0 spiro atoms. The monoisotopic (exact) mass is 763 g/mol. The Morgan fingerprint density at radius 1 is 0.849 bits per heavy atom. The number of likely N-dealkylation sites (N-methyl/N-ethyl adjacent to an activating group) is 1. The first-order chi connectivity index (χ1) is 24.3. The average molecular weight is 763 g/mol. The molecule has 3 rings (SSSR count). The second-order valence-corrected chi connectivity index (χ2v) is 17.7. The second kappa shape index (κ2) is 18.1. The van der Waals surface area contributed by atoms with Gasteiger partial charge in [0.1, 0.15) is 23.9 Å². The normalized spacial score (nSPS) is 49.8. The highest BCUT2D eigenvalue weighted by atomic mass is 16.7. The summed E-state index contributed by atoms with van der Waals surface area (Å²) >= 11 is 0. The minimum absolute atomic E-state index is 0.131. The highest BCUT2D eigenvalue weighted by Crippen LogP contribution is 2.42. The summed E-state index contributed by atoms with van der Waals surface area (Å²) in [6, 6.07) is -0.622. The smallest absolute Gasteiger partial charge is 0.311 e. The van der Waals surface area contributed by atoms with Crippen LogP contribution in [0, 0.1) is 23.7 Å². The van der Waals surface area contributed by atoms with Gasteiger partial charge in [-0.3, -0.25) is 4.79 Å². The van der Waals surface area contributed by atoms with Crippen LogP contribution in [0.5, 0.6) is 0 Å². The third kappa shape index (κ3) is 10.1. The fourth-order valence-electron chi connectivity index (χ4n) is 9.57. The fourth-order valence-corrected chi connectivity index (χ4v) is 9.57. The minimum atomic E-state index is -1.82. The maximum absolute atomic E-state index is 14.2. The highest BCUT2D eigenvalue weighted by Gasteiger charge is 2.53. The van der Waals surface area contributed by atoms with Gasteiger partial charge in [0.2, 0.25) is 0 Å². The molecule has 0 amide bonds. The number of methoxy groups -OCH3 is 1. The van der Waals surface area contributed by atoms with Crippen LogP contribution in [0.1, 0.15) is 94.9 Å². The molecule has 0 aliphatic carbocycles. The summed E-state index contributed by atoms with van der Waals surface area (Å²) in [5.41, 5.74) is -4.45. The number of aliphatic hydroxyl groups is 5. The molecule has 0 aromatic rings. The quantitative estimate of drug-likeness (QED) is 0.227. The lowest BCUT2D eigenvalue weighted by molar-refractivity contribution is -0.318. The molecule has 5 N–H and O–H groups in total. The van der Waals surface area contributed by atoms with Crippen LogP contribution in [0.3, 0.4) is 0 Å². The van der Waals surface area contributed by atoms with Crippen LogP contribution in [0.15, 0.2) is 0 Å². The molecule has 14 nitrogen and oxygen atoms in total. The summed E-state index contributed by atoms with van der Waals surface area (Å²) in [6.45, 7) is 17.7. The van der Waals surface area contributed by atoms with Crippen molar-refractivity contribution in [2.24, 2.45) is 23.7 Å². The zero-order valence-corrected chi connectivity index (χ0v) is 35.1. The maximum Gasteiger partial charge on any atom is 0.311 e. The summed E-state index contributed by atoms with van der Waals surface area (Å²) in [7, 11) is 9.06.